The molecule has 1 amide bonds. The van der Waals surface area contributed by atoms with Gasteiger partial charge in [0.15, 0.2) is 0 Å². The number of hydrogen-bond acceptors (Lipinski definition) is 4. The summed E-state index contributed by atoms with van der Waals surface area (Å²) in [5, 5.41) is 11.6. The minimum absolute atomic E-state index is 0.144. The van der Waals surface area contributed by atoms with Gasteiger partial charge in [-0.1, -0.05) is 12.1 Å². The maximum Gasteiger partial charge on any atom is 0.246 e. The van der Waals surface area contributed by atoms with Crippen LogP contribution >= 0.6 is 15.9 Å². The summed E-state index contributed by atoms with van der Waals surface area (Å²) in [6.45, 7) is 4.58. The van der Waals surface area contributed by atoms with Crippen LogP contribution in [0.3, 0.4) is 0 Å². The number of carbonyl (C=O) groups is 1. The number of aryl methyl sites for hydroxylation is 1. The van der Waals surface area contributed by atoms with Crippen LogP contribution in [-0.4, -0.2) is 32.6 Å². The molecule has 0 radical (unpaired) electrons. The highest BCUT2D eigenvalue weighted by molar-refractivity contribution is 9.10. The topological polar surface area (TPSA) is 74.0 Å². The molecule has 2 aromatic heterocycles. The molecule has 8 heteroatoms. The summed E-state index contributed by atoms with van der Waals surface area (Å²) in [6.07, 6.45) is 3.40. The van der Waals surface area contributed by atoms with E-state index in [1.807, 2.05) is 42.8 Å². The Morgan fingerprint density at radius 3 is 2.85 bits per heavy atom. The Kier molecular flexibility index (Phi) is 5.41. The zero-order chi connectivity index (χ0) is 18.7. The molecule has 0 aliphatic rings. The van der Waals surface area contributed by atoms with Crippen LogP contribution in [-0.2, 0) is 17.9 Å². The number of aromatic nitrogens is 4. The number of ether oxygens (including phenoxy) is 1. The van der Waals surface area contributed by atoms with E-state index in [9.17, 15) is 4.79 Å². The van der Waals surface area contributed by atoms with Gasteiger partial charge in [0.25, 0.3) is 0 Å². The summed E-state index contributed by atoms with van der Waals surface area (Å²) in [5.74, 6) is 0.663. The zero-order valence-electron chi connectivity index (χ0n) is 14.9. The van der Waals surface area contributed by atoms with Crippen molar-refractivity contribution in [2.75, 3.05) is 12.4 Å². The highest BCUT2D eigenvalue weighted by Crippen LogP contribution is 2.21. The molecule has 0 fully saturated rings. The van der Waals surface area contributed by atoms with E-state index in [0.29, 0.717) is 6.54 Å². The first kappa shape index (κ1) is 18.2. The first-order valence-corrected chi connectivity index (χ1v) is 8.90. The molecule has 1 N–H and O–H groups in total. The standard InChI is InChI=1S/C18H20BrN5O2/c1-12-18(21-17(25)11-23-10-15(19)8-20-23)13(2)24(22-12)9-14-5-4-6-16(7-14)26-3/h4-8,10H,9,11H2,1-3H3,(H,21,25). The number of amides is 1. The fraction of sp³-hybridized carbons (Fsp3) is 0.278. The quantitative estimate of drug-likeness (QED) is 0.668. The predicted molar refractivity (Wildman–Crippen MR) is 102 cm³/mol. The molecule has 0 atom stereocenters. The molecule has 0 saturated heterocycles. The van der Waals surface area contributed by atoms with Crippen molar-refractivity contribution in [2.24, 2.45) is 0 Å². The minimum Gasteiger partial charge on any atom is -0.497 e. The Morgan fingerprint density at radius 2 is 2.15 bits per heavy atom. The van der Waals surface area contributed by atoms with Gasteiger partial charge in [-0.05, 0) is 47.5 Å². The van der Waals surface area contributed by atoms with Crippen molar-refractivity contribution in [3.8, 4) is 5.75 Å². The summed E-state index contributed by atoms with van der Waals surface area (Å²) in [7, 11) is 1.65. The van der Waals surface area contributed by atoms with Gasteiger partial charge < -0.3 is 10.1 Å². The highest BCUT2D eigenvalue weighted by Gasteiger charge is 2.15. The second-order valence-corrected chi connectivity index (χ2v) is 6.87. The van der Waals surface area contributed by atoms with Crippen molar-refractivity contribution < 1.29 is 9.53 Å². The Hall–Kier alpha value is -2.61. The molecule has 2 heterocycles. The molecule has 26 heavy (non-hydrogen) atoms. The molecule has 3 rings (SSSR count). The molecular weight excluding hydrogens is 398 g/mol. The summed E-state index contributed by atoms with van der Waals surface area (Å²) < 4.78 is 9.55. The second kappa shape index (κ2) is 7.74. The van der Waals surface area contributed by atoms with E-state index < -0.39 is 0 Å². The third-order valence-corrected chi connectivity index (χ3v) is 4.43. The van der Waals surface area contributed by atoms with Crippen LogP contribution in [0.25, 0.3) is 0 Å². The number of rotatable bonds is 6. The molecule has 0 bridgehead atoms. The van der Waals surface area contributed by atoms with Crippen molar-refractivity contribution in [3.05, 3.63) is 58.1 Å². The van der Waals surface area contributed by atoms with Gasteiger partial charge >= 0.3 is 0 Å². The van der Waals surface area contributed by atoms with Crippen LogP contribution < -0.4 is 10.1 Å². The lowest BCUT2D eigenvalue weighted by Crippen LogP contribution is -2.19. The Labute approximate surface area is 160 Å². The Morgan fingerprint density at radius 1 is 1.35 bits per heavy atom. The number of hydrogen-bond donors (Lipinski definition) is 1. The van der Waals surface area contributed by atoms with E-state index in [1.54, 1.807) is 24.2 Å². The van der Waals surface area contributed by atoms with Crippen molar-refractivity contribution in [1.29, 1.82) is 0 Å². The average molecular weight is 418 g/mol. The number of carbonyl (C=O) groups excluding carboxylic acids is 1. The maximum absolute atomic E-state index is 12.3. The van der Waals surface area contributed by atoms with Crippen molar-refractivity contribution in [3.63, 3.8) is 0 Å². The van der Waals surface area contributed by atoms with E-state index in [-0.39, 0.29) is 12.5 Å². The summed E-state index contributed by atoms with van der Waals surface area (Å²) >= 11 is 3.32. The molecule has 136 valence electrons. The number of benzene rings is 1. The van der Waals surface area contributed by atoms with Crippen LogP contribution in [0.4, 0.5) is 5.69 Å². The van der Waals surface area contributed by atoms with Gasteiger partial charge in [0.1, 0.15) is 12.3 Å². The fourth-order valence-electron chi connectivity index (χ4n) is 2.73. The largest absolute Gasteiger partial charge is 0.497 e. The molecule has 0 spiro atoms. The average Bonchev–Trinajstić information content (AvgIpc) is 3.13. The van der Waals surface area contributed by atoms with E-state index in [0.717, 1.165) is 32.9 Å². The van der Waals surface area contributed by atoms with Gasteiger partial charge in [0, 0.05) is 6.20 Å². The highest BCUT2D eigenvalue weighted by atomic mass is 79.9. The third-order valence-electron chi connectivity index (χ3n) is 4.02. The molecule has 0 unspecified atom stereocenters. The molecule has 7 nitrogen and oxygen atoms in total. The first-order valence-electron chi connectivity index (χ1n) is 8.11. The van der Waals surface area contributed by atoms with Crippen molar-refractivity contribution in [2.45, 2.75) is 26.9 Å². The molecule has 0 saturated carbocycles. The third kappa shape index (κ3) is 4.13. The summed E-state index contributed by atoms with van der Waals surface area (Å²) in [6, 6.07) is 7.85. The molecule has 0 aliphatic heterocycles. The maximum atomic E-state index is 12.3. The molecule has 1 aromatic carbocycles. The predicted octanol–water partition coefficient (Wildman–Crippen LogP) is 3.15. The van der Waals surface area contributed by atoms with Crippen LogP contribution in [0.15, 0.2) is 41.1 Å². The van der Waals surface area contributed by atoms with Crippen LogP contribution in [0.2, 0.25) is 0 Å². The zero-order valence-corrected chi connectivity index (χ0v) is 16.4. The number of methoxy groups -OCH3 is 1. The van der Waals surface area contributed by atoms with E-state index in [2.05, 4.69) is 31.4 Å². The Bertz CT molecular complexity index is 932. The summed E-state index contributed by atoms with van der Waals surface area (Å²) in [4.78, 5) is 12.3. The van der Waals surface area contributed by atoms with E-state index in [1.165, 1.54) is 0 Å². The monoisotopic (exact) mass is 417 g/mol. The van der Waals surface area contributed by atoms with Crippen molar-refractivity contribution in [1.82, 2.24) is 19.6 Å². The van der Waals surface area contributed by atoms with E-state index in [4.69, 9.17) is 4.74 Å². The van der Waals surface area contributed by atoms with Gasteiger partial charge in [0.2, 0.25) is 5.91 Å². The minimum atomic E-state index is -0.146. The SMILES string of the molecule is COc1cccc(Cn2nc(C)c(NC(=O)Cn3cc(Br)cn3)c2C)c1. The molecular formula is C18H20BrN5O2. The van der Waals surface area contributed by atoms with Gasteiger partial charge in [-0.2, -0.15) is 10.2 Å². The van der Waals surface area contributed by atoms with Gasteiger partial charge in [-0.25, -0.2) is 0 Å². The number of nitrogens with one attached hydrogen (secondary N) is 1. The molecule has 3 aromatic rings. The summed E-state index contributed by atoms with van der Waals surface area (Å²) in [5.41, 5.74) is 3.50. The molecule has 0 aliphatic carbocycles. The fourth-order valence-corrected chi connectivity index (χ4v) is 3.05. The smallest absolute Gasteiger partial charge is 0.246 e. The normalized spacial score (nSPS) is 10.8. The number of anilines is 1. The first-order chi connectivity index (χ1) is 12.5. The van der Waals surface area contributed by atoms with Crippen LogP contribution in [0.1, 0.15) is 17.0 Å². The number of nitrogens with zero attached hydrogens (tertiary/aromatic N) is 4. The van der Waals surface area contributed by atoms with Gasteiger partial charge in [0.05, 0.1) is 41.4 Å². The van der Waals surface area contributed by atoms with Crippen LogP contribution in [0.5, 0.6) is 5.75 Å². The van der Waals surface area contributed by atoms with Crippen molar-refractivity contribution >= 4 is 27.5 Å². The lowest BCUT2D eigenvalue weighted by atomic mass is 10.2. The second-order valence-electron chi connectivity index (χ2n) is 5.96. The Balaban J connectivity index is 1.73. The van der Waals surface area contributed by atoms with E-state index >= 15 is 0 Å². The number of halogens is 1. The van der Waals surface area contributed by atoms with Gasteiger partial charge in [-0.3, -0.25) is 14.2 Å². The lowest BCUT2D eigenvalue weighted by Gasteiger charge is -2.08. The van der Waals surface area contributed by atoms with Gasteiger partial charge in [-0.15, -0.1) is 0 Å². The lowest BCUT2D eigenvalue weighted by molar-refractivity contribution is -0.116. The van der Waals surface area contributed by atoms with Crippen LogP contribution in [0, 0.1) is 13.8 Å².